The highest BCUT2D eigenvalue weighted by atomic mass is 16.5. The first-order chi connectivity index (χ1) is 18.4. The third-order valence-corrected chi connectivity index (χ3v) is 8.21. The summed E-state index contributed by atoms with van der Waals surface area (Å²) in [4.78, 5) is 31.9. The summed E-state index contributed by atoms with van der Waals surface area (Å²) in [5.74, 6) is 1.12. The molecule has 5 rings (SSSR count). The van der Waals surface area contributed by atoms with E-state index in [1.807, 2.05) is 73.6 Å². The van der Waals surface area contributed by atoms with Crippen LogP contribution in [0.1, 0.15) is 47.5 Å². The largest absolute Gasteiger partial charge is 0.496 e. The second-order valence-corrected chi connectivity index (χ2v) is 10.7. The van der Waals surface area contributed by atoms with Crippen LogP contribution in [0.15, 0.2) is 60.7 Å². The van der Waals surface area contributed by atoms with E-state index < -0.39 is 5.54 Å². The van der Waals surface area contributed by atoms with E-state index in [-0.39, 0.29) is 11.8 Å². The van der Waals surface area contributed by atoms with Gasteiger partial charge in [-0.3, -0.25) is 9.59 Å². The summed E-state index contributed by atoms with van der Waals surface area (Å²) in [6.45, 7) is 2.74. The molecule has 0 aliphatic carbocycles. The van der Waals surface area contributed by atoms with Crippen molar-refractivity contribution in [1.29, 1.82) is 0 Å². The molecule has 7 nitrogen and oxygen atoms in total. The van der Waals surface area contributed by atoms with Gasteiger partial charge in [0, 0.05) is 43.8 Å². The molecule has 2 amide bonds. The first-order valence-corrected chi connectivity index (χ1v) is 13.6. The smallest absolute Gasteiger partial charge is 0.252 e. The van der Waals surface area contributed by atoms with Gasteiger partial charge in [0.15, 0.2) is 0 Å². The Balaban J connectivity index is 1.36. The fraction of sp³-hybridized carbons (Fsp3) is 0.419. The average molecular weight is 515 g/mol. The Morgan fingerprint density at radius 2 is 1.61 bits per heavy atom. The SMILES string of the molecule is COc1ccccc1C1CCN(C(=O)C2(NC(=O)c3ccc(N(C)C)c4ccccc34)CCNCC2)CC1. The molecule has 2 aliphatic heterocycles. The third-order valence-electron chi connectivity index (χ3n) is 8.21. The number of carbonyl (C=O) groups is 2. The topological polar surface area (TPSA) is 73.9 Å². The molecule has 2 saturated heterocycles. The number of para-hydroxylation sites is 1. The molecule has 0 unspecified atom stereocenters. The van der Waals surface area contributed by atoms with Crippen molar-refractivity contribution in [2.24, 2.45) is 0 Å². The maximum Gasteiger partial charge on any atom is 0.252 e. The quantitative estimate of drug-likeness (QED) is 0.517. The molecule has 0 spiro atoms. The fourth-order valence-electron chi connectivity index (χ4n) is 6.10. The minimum absolute atomic E-state index is 0.0417. The third kappa shape index (κ3) is 4.95. The van der Waals surface area contributed by atoms with Crippen molar-refractivity contribution in [1.82, 2.24) is 15.5 Å². The normalized spacial score (nSPS) is 17.7. The van der Waals surface area contributed by atoms with Crippen LogP contribution < -0.4 is 20.3 Å². The summed E-state index contributed by atoms with van der Waals surface area (Å²) < 4.78 is 5.58. The number of carbonyl (C=O) groups excluding carboxylic acids is 2. The zero-order valence-electron chi connectivity index (χ0n) is 22.6. The Labute approximate surface area is 225 Å². The molecule has 3 aromatic carbocycles. The number of hydrogen-bond donors (Lipinski definition) is 2. The molecule has 2 heterocycles. The van der Waals surface area contributed by atoms with E-state index in [1.54, 1.807) is 7.11 Å². The number of rotatable bonds is 6. The van der Waals surface area contributed by atoms with Crippen LogP contribution in [0.25, 0.3) is 10.8 Å². The Bertz CT molecular complexity index is 1310. The van der Waals surface area contributed by atoms with Crippen LogP contribution in [0.4, 0.5) is 5.69 Å². The molecule has 200 valence electrons. The summed E-state index contributed by atoms with van der Waals surface area (Å²) >= 11 is 0. The maximum absolute atomic E-state index is 14.1. The number of benzene rings is 3. The Morgan fingerprint density at radius 3 is 2.29 bits per heavy atom. The lowest BCUT2D eigenvalue weighted by molar-refractivity contribution is -0.140. The predicted octanol–water partition coefficient (Wildman–Crippen LogP) is 4.17. The summed E-state index contributed by atoms with van der Waals surface area (Å²) in [6, 6.07) is 20.0. The van der Waals surface area contributed by atoms with Crippen molar-refractivity contribution in [3.05, 3.63) is 71.8 Å². The van der Waals surface area contributed by atoms with Crippen molar-refractivity contribution in [3.8, 4) is 5.75 Å². The highest BCUT2D eigenvalue weighted by Gasteiger charge is 2.44. The van der Waals surface area contributed by atoms with Crippen LogP contribution in [0.3, 0.4) is 0 Å². The minimum atomic E-state index is -0.902. The van der Waals surface area contributed by atoms with Gasteiger partial charge in [-0.15, -0.1) is 0 Å². The monoisotopic (exact) mass is 514 g/mol. The minimum Gasteiger partial charge on any atom is -0.496 e. The molecule has 0 saturated carbocycles. The first-order valence-electron chi connectivity index (χ1n) is 13.6. The predicted molar refractivity (Wildman–Crippen MR) is 152 cm³/mol. The molecular weight excluding hydrogens is 476 g/mol. The van der Waals surface area contributed by atoms with E-state index in [9.17, 15) is 9.59 Å². The highest BCUT2D eigenvalue weighted by molar-refractivity contribution is 6.11. The van der Waals surface area contributed by atoms with Crippen LogP contribution in [0.5, 0.6) is 5.75 Å². The molecule has 0 radical (unpaired) electrons. The molecule has 0 bridgehead atoms. The van der Waals surface area contributed by atoms with Crippen molar-refractivity contribution >= 4 is 28.3 Å². The Morgan fingerprint density at radius 1 is 0.947 bits per heavy atom. The van der Waals surface area contributed by atoms with Crippen LogP contribution in [0, 0.1) is 0 Å². The molecule has 2 aliphatic rings. The number of fused-ring (bicyclic) bond motifs is 1. The van der Waals surface area contributed by atoms with Gasteiger partial charge in [0.1, 0.15) is 11.3 Å². The molecule has 0 atom stereocenters. The highest BCUT2D eigenvalue weighted by Crippen LogP contribution is 2.35. The molecule has 7 heteroatoms. The standard InChI is InChI=1S/C31H38N4O3/c1-34(2)27-13-12-26(24-9-4-5-10-25(24)27)29(36)33-31(16-18-32-19-17-31)30(37)35-20-14-22(15-21-35)23-8-6-7-11-28(23)38-3/h4-13,22,32H,14-21H2,1-3H3,(H,33,36). The maximum atomic E-state index is 14.1. The second-order valence-electron chi connectivity index (χ2n) is 10.7. The van der Waals surface area contributed by atoms with Gasteiger partial charge in [-0.1, -0.05) is 42.5 Å². The van der Waals surface area contributed by atoms with Gasteiger partial charge < -0.3 is 25.2 Å². The van der Waals surface area contributed by atoms with E-state index in [2.05, 4.69) is 21.6 Å². The molecule has 2 N–H and O–H groups in total. The lowest BCUT2D eigenvalue weighted by Gasteiger charge is -2.43. The zero-order valence-corrected chi connectivity index (χ0v) is 22.6. The number of amides is 2. The van der Waals surface area contributed by atoms with Crippen molar-refractivity contribution < 1.29 is 14.3 Å². The van der Waals surface area contributed by atoms with Gasteiger partial charge in [0.2, 0.25) is 5.91 Å². The first kappa shape index (κ1) is 26.0. The molecular formula is C31H38N4O3. The number of piperidine rings is 2. The van der Waals surface area contributed by atoms with E-state index >= 15 is 0 Å². The molecule has 3 aromatic rings. The number of nitrogens with one attached hydrogen (secondary N) is 2. The van der Waals surface area contributed by atoms with E-state index in [0.29, 0.717) is 50.5 Å². The van der Waals surface area contributed by atoms with Crippen LogP contribution in [-0.2, 0) is 4.79 Å². The summed E-state index contributed by atoms with van der Waals surface area (Å²) in [7, 11) is 5.71. The van der Waals surface area contributed by atoms with Gasteiger partial charge in [-0.05, 0) is 73.8 Å². The van der Waals surface area contributed by atoms with Crippen LogP contribution in [0.2, 0.25) is 0 Å². The van der Waals surface area contributed by atoms with Gasteiger partial charge in [-0.25, -0.2) is 0 Å². The van der Waals surface area contributed by atoms with Crippen molar-refractivity contribution in [2.75, 3.05) is 52.3 Å². The second kappa shape index (κ2) is 11.0. The number of anilines is 1. The number of methoxy groups -OCH3 is 1. The average Bonchev–Trinajstić information content (AvgIpc) is 2.96. The summed E-state index contributed by atoms with van der Waals surface area (Å²) in [5, 5.41) is 8.52. The number of likely N-dealkylation sites (tertiary alicyclic amines) is 1. The molecule has 0 aromatic heterocycles. The Hall–Kier alpha value is -3.58. The summed E-state index contributed by atoms with van der Waals surface area (Å²) in [6.07, 6.45) is 2.92. The number of hydrogen-bond acceptors (Lipinski definition) is 5. The van der Waals surface area contributed by atoms with Gasteiger partial charge in [0.05, 0.1) is 7.11 Å². The Kier molecular flexibility index (Phi) is 7.56. The zero-order chi connectivity index (χ0) is 26.7. The van der Waals surface area contributed by atoms with Crippen LogP contribution >= 0.6 is 0 Å². The summed E-state index contributed by atoms with van der Waals surface area (Å²) in [5.41, 5.74) is 1.97. The van der Waals surface area contributed by atoms with Crippen LogP contribution in [-0.4, -0.2) is 69.6 Å². The van der Waals surface area contributed by atoms with E-state index in [1.165, 1.54) is 5.56 Å². The van der Waals surface area contributed by atoms with Crippen molar-refractivity contribution in [3.63, 3.8) is 0 Å². The van der Waals surface area contributed by atoms with E-state index in [4.69, 9.17) is 4.74 Å². The fourth-order valence-corrected chi connectivity index (χ4v) is 6.10. The van der Waals surface area contributed by atoms with E-state index in [0.717, 1.165) is 35.1 Å². The lowest BCUT2D eigenvalue weighted by Crippen LogP contribution is -2.64. The number of nitrogens with zero attached hydrogens (tertiary/aromatic N) is 2. The van der Waals surface area contributed by atoms with Gasteiger partial charge in [-0.2, -0.15) is 0 Å². The molecule has 38 heavy (non-hydrogen) atoms. The van der Waals surface area contributed by atoms with Gasteiger partial charge in [0.25, 0.3) is 5.91 Å². The number of ether oxygens (including phenoxy) is 1. The van der Waals surface area contributed by atoms with Gasteiger partial charge >= 0.3 is 0 Å². The lowest BCUT2D eigenvalue weighted by atomic mass is 9.83. The molecule has 2 fully saturated rings. The van der Waals surface area contributed by atoms with Crippen molar-refractivity contribution in [2.45, 2.75) is 37.1 Å².